The molecule has 1 saturated carbocycles. The van der Waals surface area contributed by atoms with Gasteiger partial charge in [0.15, 0.2) is 0 Å². The molecule has 0 radical (unpaired) electrons. The number of nitrogens with two attached hydrogens (primary N) is 1. The molecular formula is C10H20N2O2. The van der Waals surface area contributed by atoms with Crippen LogP contribution in [0.25, 0.3) is 0 Å². The van der Waals surface area contributed by atoms with Crippen LogP contribution in [0.2, 0.25) is 0 Å². The van der Waals surface area contributed by atoms with Gasteiger partial charge in [0.05, 0.1) is 11.6 Å². The summed E-state index contributed by atoms with van der Waals surface area (Å²) in [6, 6.07) is -0.427. The van der Waals surface area contributed by atoms with Crippen molar-refractivity contribution in [2.75, 3.05) is 6.54 Å². The number of hydrogen-bond acceptors (Lipinski definition) is 3. The molecule has 1 amide bonds. The van der Waals surface area contributed by atoms with Crippen LogP contribution in [0.15, 0.2) is 0 Å². The number of amides is 1. The van der Waals surface area contributed by atoms with Crippen molar-refractivity contribution in [1.29, 1.82) is 0 Å². The van der Waals surface area contributed by atoms with Crippen LogP contribution in [0.5, 0.6) is 0 Å². The number of hydrogen-bond donors (Lipinski definition) is 3. The van der Waals surface area contributed by atoms with Gasteiger partial charge in [-0.3, -0.25) is 4.79 Å². The van der Waals surface area contributed by atoms with Gasteiger partial charge in [0.25, 0.3) is 0 Å². The van der Waals surface area contributed by atoms with Crippen molar-refractivity contribution in [3.05, 3.63) is 0 Å². The lowest BCUT2D eigenvalue weighted by atomic mass is 9.80. The first-order chi connectivity index (χ1) is 6.57. The normalized spacial score (nSPS) is 21.1. The Morgan fingerprint density at radius 2 is 2.29 bits per heavy atom. The second kappa shape index (κ2) is 4.75. The molecule has 0 bridgehead atoms. The van der Waals surface area contributed by atoms with Gasteiger partial charge in [-0.1, -0.05) is 13.3 Å². The maximum Gasteiger partial charge on any atom is 0.237 e. The van der Waals surface area contributed by atoms with Crippen molar-refractivity contribution in [1.82, 2.24) is 5.32 Å². The first-order valence-corrected chi connectivity index (χ1v) is 5.33. The zero-order valence-electron chi connectivity index (χ0n) is 8.75. The van der Waals surface area contributed by atoms with Gasteiger partial charge in [0, 0.05) is 6.54 Å². The maximum absolute atomic E-state index is 11.4. The Kier molecular flexibility index (Phi) is 3.89. The summed E-state index contributed by atoms with van der Waals surface area (Å²) < 4.78 is 0. The predicted molar refractivity (Wildman–Crippen MR) is 54.7 cm³/mol. The molecule has 4 nitrogen and oxygen atoms in total. The van der Waals surface area contributed by atoms with Crippen LogP contribution >= 0.6 is 0 Å². The highest BCUT2D eigenvalue weighted by molar-refractivity contribution is 5.81. The molecule has 0 aromatic rings. The lowest BCUT2D eigenvalue weighted by Crippen LogP contribution is -2.51. The summed E-state index contributed by atoms with van der Waals surface area (Å²) in [5.41, 5.74) is 4.97. The van der Waals surface area contributed by atoms with Gasteiger partial charge in [0.2, 0.25) is 5.91 Å². The summed E-state index contributed by atoms with van der Waals surface area (Å²) in [4.78, 5) is 11.4. The molecule has 0 aliphatic heterocycles. The molecule has 0 aromatic heterocycles. The minimum atomic E-state index is -0.651. The molecule has 4 heteroatoms. The zero-order valence-corrected chi connectivity index (χ0v) is 8.75. The van der Waals surface area contributed by atoms with E-state index in [9.17, 15) is 9.90 Å². The van der Waals surface area contributed by atoms with Crippen molar-refractivity contribution in [2.45, 2.75) is 50.7 Å². The smallest absolute Gasteiger partial charge is 0.237 e. The average Bonchev–Trinajstić information content (AvgIpc) is 2.11. The maximum atomic E-state index is 11.4. The van der Waals surface area contributed by atoms with Crippen LogP contribution in [0.1, 0.15) is 39.0 Å². The van der Waals surface area contributed by atoms with Crippen molar-refractivity contribution < 1.29 is 9.90 Å². The quantitative estimate of drug-likeness (QED) is 0.591. The fraction of sp³-hybridized carbons (Fsp3) is 0.900. The minimum Gasteiger partial charge on any atom is -0.388 e. The number of rotatable bonds is 5. The molecule has 0 unspecified atom stereocenters. The standard InChI is InChI=1S/C10H20N2O2/c1-2-4-8(11)9(13)12-7-10(14)5-3-6-10/h8,14H,2-7,11H2,1H3,(H,12,13)/t8-/m0/s1. The number of aliphatic hydroxyl groups is 1. The predicted octanol–water partition coefficient (Wildman–Crippen LogP) is 0.145. The highest BCUT2D eigenvalue weighted by Gasteiger charge is 2.34. The molecule has 0 aromatic carbocycles. The summed E-state index contributed by atoms with van der Waals surface area (Å²) in [5, 5.41) is 12.4. The van der Waals surface area contributed by atoms with E-state index < -0.39 is 11.6 Å². The molecular weight excluding hydrogens is 180 g/mol. The Balaban J connectivity index is 2.20. The van der Waals surface area contributed by atoms with Crippen LogP contribution in [0.4, 0.5) is 0 Å². The van der Waals surface area contributed by atoms with Crippen molar-refractivity contribution in [2.24, 2.45) is 5.73 Å². The third-order valence-electron chi connectivity index (χ3n) is 2.81. The molecule has 1 aliphatic rings. The minimum absolute atomic E-state index is 0.146. The van der Waals surface area contributed by atoms with E-state index in [1.807, 2.05) is 6.92 Å². The molecule has 1 rings (SSSR count). The lowest BCUT2D eigenvalue weighted by Gasteiger charge is -2.36. The summed E-state index contributed by atoms with van der Waals surface area (Å²) in [6.45, 7) is 2.34. The molecule has 82 valence electrons. The van der Waals surface area contributed by atoms with Crippen molar-refractivity contribution in [3.63, 3.8) is 0 Å². The average molecular weight is 200 g/mol. The zero-order chi connectivity index (χ0) is 10.6. The van der Waals surface area contributed by atoms with Gasteiger partial charge in [-0.25, -0.2) is 0 Å². The molecule has 0 spiro atoms. The van der Waals surface area contributed by atoms with Gasteiger partial charge in [-0.05, 0) is 25.7 Å². The van der Waals surface area contributed by atoms with Gasteiger partial charge in [-0.2, -0.15) is 0 Å². The largest absolute Gasteiger partial charge is 0.388 e. The molecule has 0 heterocycles. The van der Waals surface area contributed by atoms with E-state index in [0.29, 0.717) is 13.0 Å². The van der Waals surface area contributed by atoms with E-state index >= 15 is 0 Å². The fourth-order valence-corrected chi connectivity index (χ4v) is 1.59. The number of nitrogens with one attached hydrogen (secondary N) is 1. The monoisotopic (exact) mass is 200 g/mol. The Morgan fingerprint density at radius 3 is 2.71 bits per heavy atom. The van der Waals surface area contributed by atoms with Crippen LogP contribution in [-0.4, -0.2) is 29.2 Å². The van der Waals surface area contributed by atoms with E-state index in [1.54, 1.807) is 0 Å². The summed E-state index contributed by atoms with van der Waals surface area (Å²) in [5.74, 6) is -0.146. The Bertz CT molecular complexity index is 202. The van der Waals surface area contributed by atoms with E-state index in [1.165, 1.54) is 0 Å². The third-order valence-corrected chi connectivity index (χ3v) is 2.81. The molecule has 1 atom stereocenters. The lowest BCUT2D eigenvalue weighted by molar-refractivity contribution is -0.124. The van der Waals surface area contributed by atoms with Crippen LogP contribution < -0.4 is 11.1 Å². The highest BCUT2D eigenvalue weighted by atomic mass is 16.3. The number of carbonyl (C=O) groups is 1. The molecule has 0 saturated heterocycles. The van der Waals surface area contributed by atoms with E-state index in [0.717, 1.165) is 25.7 Å². The summed E-state index contributed by atoms with van der Waals surface area (Å²) in [6.07, 6.45) is 4.23. The van der Waals surface area contributed by atoms with E-state index in [2.05, 4.69) is 5.32 Å². The summed E-state index contributed by atoms with van der Waals surface area (Å²) in [7, 11) is 0. The molecule has 4 N–H and O–H groups in total. The van der Waals surface area contributed by atoms with Gasteiger partial charge in [0.1, 0.15) is 0 Å². The van der Waals surface area contributed by atoms with Gasteiger partial charge in [-0.15, -0.1) is 0 Å². The van der Waals surface area contributed by atoms with Crippen LogP contribution in [0.3, 0.4) is 0 Å². The molecule has 14 heavy (non-hydrogen) atoms. The van der Waals surface area contributed by atoms with E-state index in [-0.39, 0.29) is 5.91 Å². The fourth-order valence-electron chi connectivity index (χ4n) is 1.59. The highest BCUT2D eigenvalue weighted by Crippen LogP contribution is 2.30. The van der Waals surface area contributed by atoms with Crippen molar-refractivity contribution >= 4 is 5.91 Å². The van der Waals surface area contributed by atoms with Crippen molar-refractivity contribution in [3.8, 4) is 0 Å². The summed E-state index contributed by atoms with van der Waals surface area (Å²) >= 11 is 0. The van der Waals surface area contributed by atoms with E-state index in [4.69, 9.17) is 5.73 Å². The Hall–Kier alpha value is -0.610. The Labute approximate surface area is 84.9 Å². The SMILES string of the molecule is CCC[C@H](N)C(=O)NCC1(O)CCC1. The van der Waals surface area contributed by atoms with Gasteiger partial charge >= 0.3 is 0 Å². The van der Waals surface area contributed by atoms with Crippen LogP contribution in [-0.2, 0) is 4.79 Å². The first kappa shape index (κ1) is 11.5. The molecule has 1 aliphatic carbocycles. The first-order valence-electron chi connectivity index (χ1n) is 5.33. The second-order valence-corrected chi connectivity index (χ2v) is 4.19. The number of carbonyl (C=O) groups excluding carboxylic acids is 1. The second-order valence-electron chi connectivity index (χ2n) is 4.19. The molecule has 1 fully saturated rings. The third kappa shape index (κ3) is 2.96. The van der Waals surface area contributed by atoms with Crippen LogP contribution in [0, 0.1) is 0 Å². The Morgan fingerprint density at radius 1 is 1.64 bits per heavy atom. The van der Waals surface area contributed by atoms with Gasteiger partial charge < -0.3 is 16.2 Å². The topological polar surface area (TPSA) is 75.4 Å².